The molecular formula is C14H19FN2O2. The molecule has 0 saturated carbocycles. The van der Waals surface area contributed by atoms with Crippen LogP contribution in [0.2, 0.25) is 0 Å². The molecule has 2 amide bonds. The molecule has 0 saturated heterocycles. The van der Waals surface area contributed by atoms with Gasteiger partial charge in [-0.2, -0.15) is 0 Å². The number of hydrogen-bond acceptors (Lipinski definition) is 2. The third-order valence-corrected chi connectivity index (χ3v) is 2.69. The highest BCUT2D eigenvalue weighted by atomic mass is 19.1. The van der Waals surface area contributed by atoms with Crippen molar-refractivity contribution in [3.63, 3.8) is 0 Å². The van der Waals surface area contributed by atoms with E-state index in [1.165, 1.54) is 25.2 Å². The summed E-state index contributed by atoms with van der Waals surface area (Å²) in [6, 6.07) is 5.04. The number of likely N-dealkylation sites (N-methyl/N-ethyl adjacent to an activating group) is 1. The zero-order valence-corrected chi connectivity index (χ0v) is 11.4. The van der Waals surface area contributed by atoms with E-state index in [0.29, 0.717) is 6.42 Å². The topological polar surface area (TPSA) is 58.2 Å². The van der Waals surface area contributed by atoms with Gasteiger partial charge < -0.3 is 10.6 Å². The summed E-state index contributed by atoms with van der Waals surface area (Å²) in [5, 5.41) is 5.06. The van der Waals surface area contributed by atoms with Crippen molar-refractivity contribution in [1.82, 2.24) is 10.6 Å². The number of hydrogen-bond donors (Lipinski definition) is 2. The van der Waals surface area contributed by atoms with E-state index in [1.807, 2.05) is 13.8 Å². The van der Waals surface area contributed by atoms with Gasteiger partial charge >= 0.3 is 0 Å². The monoisotopic (exact) mass is 266 g/mol. The number of benzene rings is 1. The molecule has 1 rings (SSSR count). The Morgan fingerprint density at radius 2 is 1.89 bits per heavy atom. The van der Waals surface area contributed by atoms with Crippen LogP contribution in [-0.2, 0) is 4.79 Å². The maximum atomic E-state index is 13.5. The second kappa shape index (κ2) is 6.87. The standard InChI is InChI=1S/C14H19FN2O2/c1-9(2)8-12(14(19)16-3)17-13(18)10-6-4-5-7-11(10)15/h4-7,9,12H,8H2,1-3H3,(H,16,19)(H,17,18). The maximum absolute atomic E-state index is 13.5. The van der Waals surface area contributed by atoms with Gasteiger partial charge in [0.25, 0.3) is 5.91 Å². The predicted molar refractivity (Wildman–Crippen MR) is 71.2 cm³/mol. The van der Waals surface area contributed by atoms with E-state index in [0.717, 1.165) is 0 Å². The number of carbonyl (C=O) groups excluding carboxylic acids is 2. The zero-order chi connectivity index (χ0) is 14.4. The molecule has 4 nitrogen and oxygen atoms in total. The summed E-state index contributed by atoms with van der Waals surface area (Å²) >= 11 is 0. The van der Waals surface area contributed by atoms with Gasteiger partial charge in [-0.25, -0.2) is 4.39 Å². The molecule has 0 heterocycles. The highest BCUT2D eigenvalue weighted by molar-refractivity contribution is 5.97. The molecule has 19 heavy (non-hydrogen) atoms. The van der Waals surface area contributed by atoms with Gasteiger partial charge in [0.1, 0.15) is 11.9 Å². The number of rotatable bonds is 5. The van der Waals surface area contributed by atoms with Gasteiger partial charge in [0.05, 0.1) is 5.56 Å². The molecule has 0 fully saturated rings. The van der Waals surface area contributed by atoms with Crippen molar-refractivity contribution in [3.8, 4) is 0 Å². The SMILES string of the molecule is CNC(=O)C(CC(C)C)NC(=O)c1ccccc1F. The van der Waals surface area contributed by atoms with Gasteiger partial charge in [-0.3, -0.25) is 9.59 Å². The molecule has 0 aliphatic carbocycles. The van der Waals surface area contributed by atoms with Gasteiger partial charge in [0.15, 0.2) is 0 Å². The minimum absolute atomic E-state index is 0.0554. The van der Waals surface area contributed by atoms with E-state index in [1.54, 1.807) is 6.07 Å². The molecule has 0 aromatic heterocycles. The van der Waals surface area contributed by atoms with Crippen LogP contribution in [0.15, 0.2) is 24.3 Å². The molecule has 1 aromatic carbocycles. The third kappa shape index (κ3) is 4.35. The van der Waals surface area contributed by atoms with Gasteiger partial charge in [-0.1, -0.05) is 26.0 Å². The Morgan fingerprint density at radius 1 is 1.26 bits per heavy atom. The van der Waals surface area contributed by atoms with Crippen molar-refractivity contribution >= 4 is 11.8 Å². The fourth-order valence-electron chi connectivity index (χ4n) is 1.76. The Kier molecular flexibility index (Phi) is 5.48. The van der Waals surface area contributed by atoms with Crippen molar-refractivity contribution < 1.29 is 14.0 Å². The van der Waals surface area contributed by atoms with E-state index in [4.69, 9.17) is 0 Å². The molecule has 0 spiro atoms. The molecule has 0 aliphatic rings. The highest BCUT2D eigenvalue weighted by Crippen LogP contribution is 2.09. The van der Waals surface area contributed by atoms with Crippen molar-refractivity contribution in [2.24, 2.45) is 5.92 Å². The van der Waals surface area contributed by atoms with Crippen LogP contribution in [0.4, 0.5) is 4.39 Å². The number of halogens is 1. The van der Waals surface area contributed by atoms with Crippen molar-refractivity contribution in [2.45, 2.75) is 26.3 Å². The fraction of sp³-hybridized carbons (Fsp3) is 0.429. The first-order valence-electron chi connectivity index (χ1n) is 6.22. The molecule has 2 N–H and O–H groups in total. The molecule has 104 valence electrons. The summed E-state index contributed by atoms with van der Waals surface area (Å²) in [6.45, 7) is 3.90. The first-order valence-corrected chi connectivity index (χ1v) is 6.22. The normalized spacial score (nSPS) is 12.1. The second-order valence-electron chi connectivity index (χ2n) is 4.75. The van der Waals surface area contributed by atoms with Gasteiger partial charge in [0, 0.05) is 7.05 Å². The summed E-state index contributed by atoms with van der Waals surface area (Å²) < 4.78 is 13.5. The van der Waals surface area contributed by atoms with Gasteiger partial charge in [-0.15, -0.1) is 0 Å². The maximum Gasteiger partial charge on any atom is 0.254 e. The van der Waals surface area contributed by atoms with Crippen LogP contribution in [0, 0.1) is 11.7 Å². The number of carbonyl (C=O) groups is 2. The highest BCUT2D eigenvalue weighted by Gasteiger charge is 2.22. The Hall–Kier alpha value is -1.91. The summed E-state index contributed by atoms with van der Waals surface area (Å²) in [6.07, 6.45) is 0.500. The molecule has 1 aromatic rings. The van der Waals surface area contributed by atoms with Crippen molar-refractivity contribution in [1.29, 1.82) is 0 Å². The Labute approximate surface area is 112 Å². The first-order chi connectivity index (χ1) is 8.95. The Morgan fingerprint density at radius 3 is 2.42 bits per heavy atom. The van der Waals surface area contributed by atoms with E-state index < -0.39 is 17.8 Å². The van der Waals surface area contributed by atoms with Crippen LogP contribution in [0.5, 0.6) is 0 Å². The largest absolute Gasteiger partial charge is 0.357 e. The van der Waals surface area contributed by atoms with E-state index in [9.17, 15) is 14.0 Å². The van der Waals surface area contributed by atoms with Crippen LogP contribution in [0.3, 0.4) is 0 Å². The average Bonchev–Trinajstić information content (AvgIpc) is 2.36. The van der Waals surface area contributed by atoms with Gasteiger partial charge in [-0.05, 0) is 24.5 Å². The molecule has 0 bridgehead atoms. The molecular weight excluding hydrogens is 247 g/mol. The molecule has 5 heteroatoms. The third-order valence-electron chi connectivity index (χ3n) is 2.69. The predicted octanol–water partition coefficient (Wildman–Crippen LogP) is 1.72. The van der Waals surface area contributed by atoms with Crippen LogP contribution in [0.25, 0.3) is 0 Å². The quantitative estimate of drug-likeness (QED) is 0.852. The van der Waals surface area contributed by atoms with Crippen molar-refractivity contribution in [3.05, 3.63) is 35.6 Å². The van der Waals surface area contributed by atoms with Gasteiger partial charge in [0.2, 0.25) is 5.91 Å². The van der Waals surface area contributed by atoms with E-state index >= 15 is 0 Å². The van der Waals surface area contributed by atoms with Crippen LogP contribution in [0.1, 0.15) is 30.6 Å². The van der Waals surface area contributed by atoms with Crippen LogP contribution >= 0.6 is 0 Å². The lowest BCUT2D eigenvalue weighted by molar-refractivity contribution is -0.122. The summed E-state index contributed by atoms with van der Waals surface area (Å²) in [5.41, 5.74) is -0.0554. The first kappa shape index (κ1) is 15.1. The lowest BCUT2D eigenvalue weighted by Gasteiger charge is -2.19. The molecule has 1 atom stereocenters. The van der Waals surface area contributed by atoms with E-state index in [2.05, 4.69) is 10.6 Å². The minimum atomic E-state index is -0.655. The van der Waals surface area contributed by atoms with Crippen LogP contribution in [-0.4, -0.2) is 24.9 Å². The molecule has 0 radical (unpaired) electrons. The average molecular weight is 266 g/mol. The summed E-state index contributed by atoms with van der Waals surface area (Å²) in [4.78, 5) is 23.6. The Bertz CT molecular complexity index is 461. The Balaban J connectivity index is 2.82. The molecule has 1 unspecified atom stereocenters. The fourth-order valence-corrected chi connectivity index (χ4v) is 1.76. The van der Waals surface area contributed by atoms with E-state index in [-0.39, 0.29) is 17.4 Å². The lowest BCUT2D eigenvalue weighted by atomic mass is 10.0. The van der Waals surface area contributed by atoms with Crippen molar-refractivity contribution in [2.75, 3.05) is 7.05 Å². The minimum Gasteiger partial charge on any atom is -0.357 e. The van der Waals surface area contributed by atoms with Crippen LogP contribution < -0.4 is 10.6 Å². The molecule has 0 aliphatic heterocycles. The lowest BCUT2D eigenvalue weighted by Crippen LogP contribution is -2.46. The second-order valence-corrected chi connectivity index (χ2v) is 4.75. The zero-order valence-electron chi connectivity index (χ0n) is 11.4. The smallest absolute Gasteiger partial charge is 0.254 e. The summed E-state index contributed by atoms with van der Waals surface area (Å²) in [5.74, 6) is -1.21. The summed E-state index contributed by atoms with van der Waals surface area (Å²) in [7, 11) is 1.50. The number of nitrogens with one attached hydrogen (secondary N) is 2. The number of amides is 2.